The molecule has 18 heavy (non-hydrogen) atoms. The zero-order valence-corrected chi connectivity index (χ0v) is 11.8. The van der Waals surface area contributed by atoms with Gasteiger partial charge in [0.05, 0.1) is 17.7 Å². The molecule has 0 spiro atoms. The molecule has 2 rings (SSSR count). The summed E-state index contributed by atoms with van der Waals surface area (Å²) >= 11 is 3.45. The normalized spacial score (nSPS) is 11.9. The minimum Gasteiger partial charge on any atom is -0.464 e. The molecule has 0 radical (unpaired) electrons. The van der Waals surface area contributed by atoms with E-state index in [2.05, 4.69) is 27.3 Å². The number of nitrogens with zero attached hydrogens (tertiary/aromatic N) is 1. The third-order valence-electron chi connectivity index (χ3n) is 2.66. The zero-order chi connectivity index (χ0) is 13.1. The van der Waals surface area contributed by atoms with Crippen LogP contribution in [0.5, 0.6) is 0 Å². The molecule has 0 saturated heterocycles. The summed E-state index contributed by atoms with van der Waals surface area (Å²) in [4.78, 5) is 0. The minimum atomic E-state index is 0.0722. The van der Waals surface area contributed by atoms with E-state index in [1.54, 1.807) is 12.1 Å². The highest BCUT2D eigenvalue weighted by atomic mass is 79.9. The fraction of sp³-hybridized carbons (Fsp3) is 0.214. The number of nitriles is 1. The first-order chi connectivity index (χ1) is 8.60. The number of furan rings is 1. The van der Waals surface area contributed by atoms with Gasteiger partial charge >= 0.3 is 0 Å². The number of hydrogen-bond acceptors (Lipinski definition) is 3. The lowest BCUT2D eigenvalue weighted by atomic mass is 10.2. The van der Waals surface area contributed by atoms with E-state index in [9.17, 15) is 0 Å². The van der Waals surface area contributed by atoms with Crippen molar-refractivity contribution in [2.75, 3.05) is 5.32 Å². The molecule has 3 nitrogen and oxygen atoms in total. The number of rotatable bonds is 3. The van der Waals surface area contributed by atoms with Gasteiger partial charge in [-0.15, -0.1) is 0 Å². The van der Waals surface area contributed by atoms with Crippen LogP contribution in [-0.4, -0.2) is 0 Å². The van der Waals surface area contributed by atoms with Gasteiger partial charge in [-0.2, -0.15) is 5.26 Å². The zero-order valence-electron chi connectivity index (χ0n) is 10.2. The lowest BCUT2D eigenvalue weighted by Crippen LogP contribution is -2.06. The van der Waals surface area contributed by atoms with E-state index in [0.29, 0.717) is 5.56 Å². The van der Waals surface area contributed by atoms with Gasteiger partial charge in [0, 0.05) is 10.2 Å². The second-order valence-corrected chi connectivity index (χ2v) is 4.98. The number of halogens is 1. The average Bonchev–Trinajstić information content (AvgIpc) is 2.78. The van der Waals surface area contributed by atoms with Gasteiger partial charge in [-0.3, -0.25) is 0 Å². The first-order valence-electron chi connectivity index (χ1n) is 5.62. The Kier molecular flexibility index (Phi) is 3.73. The van der Waals surface area contributed by atoms with Crippen molar-refractivity contribution >= 4 is 21.6 Å². The number of aryl methyl sites for hydroxylation is 1. The van der Waals surface area contributed by atoms with Crippen molar-refractivity contribution in [3.63, 3.8) is 0 Å². The molecule has 1 N–H and O–H groups in total. The number of nitrogens with one attached hydrogen (secondary N) is 1. The molecule has 1 unspecified atom stereocenters. The Morgan fingerprint density at radius 2 is 2.11 bits per heavy atom. The molecular weight excluding hydrogens is 292 g/mol. The topological polar surface area (TPSA) is 49.0 Å². The summed E-state index contributed by atoms with van der Waals surface area (Å²) in [6.45, 7) is 3.96. The van der Waals surface area contributed by atoms with Crippen LogP contribution in [0.2, 0.25) is 0 Å². The summed E-state index contributed by atoms with van der Waals surface area (Å²) in [5.74, 6) is 1.79. The van der Waals surface area contributed by atoms with Gasteiger partial charge in [0.15, 0.2) is 0 Å². The molecule has 0 bridgehead atoms. The van der Waals surface area contributed by atoms with Crippen LogP contribution in [0, 0.1) is 18.3 Å². The summed E-state index contributed by atoms with van der Waals surface area (Å²) in [6.07, 6.45) is 0. The van der Waals surface area contributed by atoms with Crippen LogP contribution in [0.1, 0.15) is 30.0 Å². The lowest BCUT2D eigenvalue weighted by molar-refractivity contribution is 0.467. The fourth-order valence-corrected chi connectivity index (χ4v) is 2.19. The van der Waals surface area contributed by atoms with Crippen molar-refractivity contribution in [2.45, 2.75) is 19.9 Å². The van der Waals surface area contributed by atoms with E-state index in [-0.39, 0.29) is 6.04 Å². The van der Waals surface area contributed by atoms with Crippen molar-refractivity contribution in [1.29, 1.82) is 5.26 Å². The van der Waals surface area contributed by atoms with Crippen molar-refractivity contribution in [2.24, 2.45) is 0 Å². The largest absolute Gasteiger partial charge is 0.464 e. The van der Waals surface area contributed by atoms with E-state index in [1.807, 2.05) is 32.0 Å². The molecule has 4 heteroatoms. The highest BCUT2D eigenvalue weighted by Crippen LogP contribution is 2.28. The Balaban J connectivity index is 2.17. The predicted octanol–water partition coefficient (Wildman–Crippen LogP) is 4.40. The van der Waals surface area contributed by atoms with Gasteiger partial charge < -0.3 is 9.73 Å². The molecule has 0 fully saturated rings. The maximum atomic E-state index is 8.81. The Hall–Kier alpha value is -1.73. The summed E-state index contributed by atoms with van der Waals surface area (Å²) in [5, 5.41) is 12.2. The second kappa shape index (κ2) is 5.28. The van der Waals surface area contributed by atoms with Gasteiger partial charge in [-0.05, 0) is 60.1 Å². The molecule has 0 aliphatic carbocycles. The summed E-state index contributed by atoms with van der Waals surface area (Å²) in [7, 11) is 0. The molecule has 0 aliphatic rings. The van der Waals surface area contributed by atoms with E-state index in [0.717, 1.165) is 21.7 Å². The van der Waals surface area contributed by atoms with E-state index in [1.165, 1.54) is 0 Å². The van der Waals surface area contributed by atoms with Crippen molar-refractivity contribution in [1.82, 2.24) is 0 Å². The van der Waals surface area contributed by atoms with Crippen LogP contribution >= 0.6 is 15.9 Å². The van der Waals surface area contributed by atoms with Gasteiger partial charge in [-0.1, -0.05) is 0 Å². The van der Waals surface area contributed by atoms with Crippen LogP contribution < -0.4 is 5.32 Å². The molecule has 0 saturated carbocycles. The average molecular weight is 305 g/mol. The van der Waals surface area contributed by atoms with Crippen molar-refractivity contribution in [3.8, 4) is 6.07 Å². The van der Waals surface area contributed by atoms with Crippen LogP contribution in [0.25, 0.3) is 0 Å². The lowest BCUT2D eigenvalue weighted by Gasteiger charge is -2.14. The minimum absolute atomic E-state index is 0.0722. The van der Waals surface area contributed by atoms with Crippen LogP contribution in [0.4, 0.5) is 5.69 Å². The first kappa shape index (κ1) is 12.7. The van der Waals surface area contributed by atoms with Crippen LogP contribution in [-0.2, 0) is 0 Å². The Labute approximate surface area is 115 Å². The SMILES string of the molecule is Cc1ccc(C(C)Nc2ccc(C#N)cc2Br)o1. The summed E-state index contributed by atoms with van der Waals surface area (Å²) in [5.41, 5.74) is 1.57. The highest BCUT2D eigenvalue weighted by Gasteiger charge is 2.11. The van der Waals surface area contributed by atoms with Crippen molar-refractivity contribution in [3.05, 3.63) is 51.9 Å². The van der Waals surface area contributed by atoms with Gasteiger partial charge in [0.25, 0.3) is 0 Å². The Bertz CT molecular complexity index is 598. The molecular formula is C14H13BrN2O. The molecule has 0 aliphatic heterocycles. The Morgan fingerprint density at radius 3 is 2.67 bits per heavy atom. The maximum Gasteiger partial charge on any atom is 0.126 e. The molecule has 1 aromatic carbocycles. The second-order valence-electron chi connectivity index (χ2n) is 4.12. The van der Waals surface area contributed by atoms with E-state index >= 15 is 0 Å². The number of benzene rings is 1. The molecule has 1 atom stereocenters. The quantitative estimate of drug-likeness (QED) is 0.914. The summed E-state index contributed by atoms with van der Waals surface area (Å²) < 4.78 is 6.44. The third-order valence-corrected chi connectivity index (χ3v) is 3.31. The van der Waals surface area contributed by atoms with Crippen LogP contribution in [0.3, 0.4) is 0 Å². The monoisotopic (exact) mass is 304 g/mol. The van der Waals surface area contributed by atoms with Gasteiger partial charge in [-0.25, -0.2) is 0 Å². The van der Waals surface area contributed by atoms with E-state index in [4.69, 9.17) is 9.68 Å². The first-order valence-corrected chi connectivity index (χ1v) is 6.42. The molecule has 2 aromatic rings. The highest BCUT2D eigenvalue weighted by molar-refractivity contribution is 9.10. The maximum absolute atomic E-state index is 8.81. The van der Waals surface area contributed by atoms with E-state index < -0.39 is 0 Å². The van der Waals surface area contributed by atoms with Gasteiger partial charge in [0.1, 0.15) is 11.5 Å². The molecule has 92 valence electrons. The van der Waals surface area contributed by atoms with Crippen LogP contribution in [0.15, 0.2) is 39.2 Å². The molecule has 1 heterocycles. The van der Waals surface area contributed by atoms with Gasteiger partial charge in [0.2, 0.25) is 0 Å². The molecule has 0 amide bonds. The predicted molar refractivity (Wildman–Crippen MR) is 74.3 cm³/mol. The number of hydrogen-bond donors (Lipinski definition) is 1. The molecule has 1 aromatic heterocycles. The number of anilines is 1. The standard InChI is InChI=1S/C14H13BrN2O/c1-9-3-6-14(18-9)10(2)17-13-5-4-11(8-16)7-12(13)15/h3-7,10,17H,1-2H3. The third kappa shape index (κ3) is 2.74. The Morgan fingerprint density at radius 1 is 1.33 bits per heavy atom. The van der Waals surface area contributed by atoms with Crippen molar-refractivity contribution < 1.29 is 4.42 Å². The summed E-state index contributed by atoms with van der Waals surface area (Å²) in [6, 6.07) is 11.6. The smallest absolute Gasteiger partial charge is 0.126 e. The fourth-order valence-electron chi connectivity index (χ4n) is 1.69.